The van der Waals surface area contributed by atoms with Crippen molar-refractivity contribution in [1.29, 1.82) is 0 Å². The Morgan fingerprint density at radius 3 is 2.35 bits per heavy atom. The summed E-state index contributed by atoms with van der Waals surface area (Å²) < 4.78 is 39.8. The van der Waals surface area contributed by atoms with Gasteiger partial charge in [-0.3, -0.25) is 0 Å². The first-order valence-corrected chi connectivity index (χ1v) is 5.47. The third-order valence-corrected chi connectivity index (χ3v) is 2.60. The van der Waals surface area contributed by atoms with Crippen molar-refractivity contribution in [3.05, 3.63) is 48.0 Å². The zero-order valence-electron chi connectivity index (χ0n) is 10.0. The topological polar surface area (TPSA) is 79.0 Å². The van der Waals surface area contributed by atoms with E-state index >= 15 is 0 Å². The average molecular weight is 288 g/mol. The molecule has 1 aromatic rings. The first kappa shape index (κ1) is 14.1. The lowest BCUT2D eigenvalue weighted by Crippen LogP contribution is -2.38. The van der Waals surface area contributed by atoms with Crippen LogP contribution in [0.15, 0.2) is 48.0 Å². The fourth-order valence-corrected chi connectivity index (χ4v) is 1.66. The molecule has 5 nitrogen and oxygen atoms in total. The van der Waals surface area contributed by atoms with Crippen LogP contribution in [0.1, 0.15) is 0 Å². The van der Waals surface area contributed by atoms with Crippen molar-refractivity contribution in [2.45, 2.75) is 12.6 Å². The molecule has 0 saturated heterocycles. The SMILES string of the molecule is NC1=C(O)C=CN(c2ccc(OC(F)(F)F)cc2)C1O. The van der Waals surface area contributed by atoms with E-state index in [1.807, 2.05) is 0 Å². The lowest BCUT2D eigenvalue weighted by Gasteiger charge is -2.29. The van der Waals surface area contributed by atoms with Crippen molar-refractivity contribution in [2.24, 2.45) is 5.73 Å². The molecule has 1 heterocycles. The molecule has 1 aromatic carbocycles. The molecule has 1 unspecified atom stereocenters. The van der Waals surface area contributed by atoms with E-state index in [0.29, 0.717) is 5.69 Å². The second-order valence-electron chi connectivity index (χ2n) is 3.98. The number of anilines is 1. The van der Waals surface area contributed by atoms with Gasteiger partial charge < -0.3 is 25.6 Å². The van der Waals surface area contributed by atoms with Gasteiger partial charge in [-0.1, -0.05) is 0 Å². The second kappa shape index (κ2) is 4.97. The third-order valence-electron chi connectivity index (χ3n) is 2.60. The summed E-state index contributed by atoms with van der Waals surface area (Å²) in [6.45, 7) is 0. The van der Waals surface area contributed by atoms with Gasteiger partial charge in [0.15, 0.2) is 6.23 Å². The Hall–Kier alpha value is -2.35. The van der Waals surface area contributed by atoms with Crippen molar-refractivity contribution in [1.82, 2.24) is 0 Å². The predicted octanol–water partition coefficient (Wildman–Crippen LogP) is 1.97. The molecular formula is C12H11F3N2O3. The van der Waals surface area contributed by atoms with Crippen molar-refractivity contribution < 1.29 is 28.1 Å². The number of nitrogens with two attached hydrogens (primary N) is 1. The van der Waals surface area contributed by atoms with Gasteiger partial charge in [-0.25, -0.2) is 0 Å². The average Bonchev–Trinajstić information content (AvgIpc) is 2.36. The molecule has 1 aliphatic rings. The van der Waals surface area contributed by atoms with Crippen molar-refractivity contribution in [3.8, 4) is 5.75 Å². The summed E-state index contributed by atoms with van der Waals surface area (Å²) in [6.07, 6.45) is -3.43. The van der Waals surface area contributed by atoms with E-state index in [1.165, 1.54) is 29.3 Å². The fraction of sp³-hybridized carbons (Fsp3) is 0.167. The molecule has 4 N–H and O–H groups in total. The fourth-order valence-electron chi connectivity index (χ4n) is 1.66. The summed E-state index contributed by atoms with van der Waals surface area (Å²) in [6, 6.07) is 4.87. The minimum Gasteiger partial charge on any atom is -0.506 e. The number of aliphatic hydroxyl groups excluding tert-OH is 2. The molecule has 0 bridgehead atoms. The van der Waals surface area contributed by atoms with E-state index < -0.39 is 12.6 Å². The molecule has 20 heavy (non-hydrogen) atoms. The Bertz CT molecular complexity index is 552. The monoisotopic (exact) mass is 288 g/mol. The molecule has 0 aromatic heterocycles. The molecule has 0 spiro atoms. The van der Waals surface area contributed by atoms with E-state index in [2.05, 4.69) is 4.74 Å². The lowest BCUT2D eigenvalue weighted by atomic mass is 10.2. The standard InChI is InChI=1S/C12H11F3N2O3/c13-12(14,15)20-8-3-1-7(2-4-8)17-6-5-9(18)10(16)11(17)19/h1-6,11,18-19H,16H2. The molecule has 0 aliphatic carbocycles. The number of rotatable bonds is 2. The van der Waals surface area contributed by atoms with Gasteiger partial charge in [0.1, 0.15) is 17.2 Å². The molecule has 2 rings (SSSR count). The van der Waals surface area contributed by atoms with Crippen LogP contribution >= 0.6 is 0 Å². The molecule has 0 amide bonds. The molecule has 1 atom stereocenters. The van der Waals surface area contributed by atoms with Gasteiger partial charge >= 0.3 is 6.36 Å². The lowest BCUT2D eigenvalue weighted by molar-refractivity contribution is -0.274. The Morgan fingerprint density at radius 2 is 1.80 bits per heavy atom. The van der Waals surface area contributed by atoms with E-state index in [0.717, 1.165) is 12.1 Å². The molecule has 0 saturated carbocycles. The number of aliphatic hydroxyl groups is 2. The zero-order chi connectivity index (χ0) is 14.9. The summed E-state index contributed by atoms with van der Waals surface area (Å²) in [4.78, 5) is 1.28. The number of ether oxygens (including phenoxy) is 1. The van der Waals surface area contributed by atoms with Gasteiger partial charge in [0.05, 0.1) is 0 Å². The van der Waals surface area contributed by atoms with E-state index in [1.54, 1.807) is 0 Å². The van der Waals surface area contributed by atoms with Gasteiger partial charge in [-0.15, -0.1) is 13.2 Å². The van der Waals surface area contributed by atoms with Crippen LogP contribution in [-0.2, 0) is 0 Å². The quantitative estimate of drug-likeness (QED) is 0.775. The number of nitrogens with zero attached hydrogens (tertiary/aromatic N) is 1. The summed E-state index contributed by atoms with van der Waals surface area (Å²) >= 11 is 0. The van der Waals surface area contributed by atoms with Crippen LogP contribution in [0.5, 0.6) is 5.75 Å². The number of hydrogen-bond donors (Lipinski definition) is 3. The minimum atomic E-state index is -4.76. The van der Waals surface area contributed by atoms with Crippen LogP contribution in [0.25, 0.3) is 0 Å². The molecule has 1 aliphatic heterocycles. The van der Waals surface area contributed by atoms with Crippen LogP contribution < -0.4 is 15.4 Å². The Kier molecular flexibility index (Phi) is 3.49. The van der Waals surface area contributed by atoms with E-state index in [4.69, 9.17) is 5.73 Å². The highest BCUT2D eigenvalue weighted by atomic mass is 19.4. The van der Waals surface area contributed by atoms with Crippen LogP contribution in [0.4, 0.5) is 18.9 Å². The first-order valence-electron chi connectivity index (χ1n) is 5.47. The Morgan fingerprint density at radius 1 is 1.20 bits per heavy atom. The van der Waals surface area contributed by atoms with Crippen LogP contribution in [0, 0.1) is 0 Å². The number of halogens is 3. The Labute approximate surface area is 112 Å². The number of allylic oxidation sites excluding steroid dienone is 1. The second-order valence-corrected chi connectivity index (χ2v) is 3.98. The highest BCUT2D eigenvalue weighted by Crippen LogP contribution is 2.28. The zero-order valence-corrected chi connectivity index (χ0v) is 10.0. The van der Waals surface area contributed by atoms with Crippen molar-refractivity contribution in [3.63, 3.8) is 0 Å². The highest BCUT2D eigenvalue weighted by molar-refractivity contribution is 5.55. The van der Waals surface area contributed by atoms with Crippen LogP contribution in [-0.4, -0.2) is 22.8 Å². The predicted molar refractivity (Wildman–Crippen MR) is 64.6 cm³/mol. The highest BCUT2D eigenvalue weighted by Gasteiger charge is 2.31. The maximum Gasteiger partial charge on any atom is 0.573 e. The summed E-state index contributed by atoms with van der Waals surface area (Å²) in [5, 5.41) is 19.2. The number of hydrogen-bond acceptors (Lipinski definition) is 5. The first-order chi connectivity index (χ1) is 9.28. The largest absolute Gasteiger partial charge is 0.573 e. The molecular weight excluding hydrogens is 277 g/mol. The molecule has 108 valence electrons. The van der Waals surface area contributed by atoms with Crippen LogP contribution in [0.3, 0.4) is 0 Å². The summed E-state index contributed by atoms with van der Waals surface area (Å²) in [5.74, 6) is -0.631. The van der Waals surface area contributed by atoms with E-state index in [-0.39, 0.29) is 17.2 Å². The van der Waals surface area contributed by atoms with E-state index in [9.17, 15) is 23.4 Å². The number of benzene rings is 1. The third kappa shape index (κ3) is 2.97. The minimum absolute atomic E-state index is 0.150. The van der Waals surface area contributed by atoms with Gasteiger partial charge in [0.2, 0.25) is 0 Å². The van der Waals surface area contributed by atoms with Gasteiger partial charge in [0, 0.05) is 11.9 Å². The molecule has 0 radical (unpaired) electrons. The number of alkyl halides is 3. The van der Waals surface area contributed by atoms with Gasteiger partial charge in [-0.05, 0) is 30.3 Å². The summed E-state index contributed by atoms with van der Waals surface area (Å²) in [5.41, 5.74) is 5.71. The molecule has 0 fully saturated rings. The van der Waals surface area contributed by atoms with Crippen molar-refractivity contribution in [2.75, 3.05) is 4.90 Å². The normalized spacial score (nSPS) is 19.4. The Balaban J connectivity index is 2.18. The maximum atomic E-state index is 12.0. The smallest absolute Gasteiger partial charge is 0.506 e. The van der Waals surface area contributed by atoms with Gasteiger partial charge in [-0.2, -0.15) is 0 Å². The van der Waals surface area contributed by atoms with Crippen molar-refractivity contribution >= 4 is 5.69 Å². The summed E-state index contributed by atoms with van der Waals surface area (Å²) in [7, 11) is 0. The van der Waals surface area contributed by atoms with Gasteiger partial charge in [0.25, 0.3) is 0 Å². The van der Waals surface area contributed by atoms with Crippen LogP contribution in [0.2, 0.25) is 0 Å². The molecule has 8 heteroatoms. The maximum absolute atomic E-state index is 12.0.